The third kappa shape index (κ3) is 47.7. The summed E-state index contributed by atoms with van der Waals surface area (Å²) in [5.41, 5.74) is 0. The van der Waals surface area contributed by atoms with Gasteiger partial charge < -0.3 is 24.6 Å². The van der Waals surface area contributed by atoms with Crippen LogP contribution in [0.25, 0.3) is 0 Å². The summed E-state index contributed by atoms with van der Waals surface area (Å²) in [7, 11) is -4.63. The van der Waals surface area contributed by atoms with Gasteiger partial charge in [0.1, 0.15) is 12.7 Å². The van der Waals surface area contributed by atoms with Gasteiger partial charge in [0.15, 0.2) is 6.10 Å². The van der Waals surface area contributed by atoms with Gasteiger partial charge in [-0.15, -0.1) is 0 Å². The average molecular weight is 911 g/mol. The second-order valence-electron chi connectivity index (χ2n) is 17.2. The van der Waals surface area contributed by atoms with Crippen LogP contribution in [0.3, 0.4) is 0 Å². The highest BCUT2D eigenvalue weighted by Crippen LogP contribution is 2.43. The minimum atomic E-state index is -4.63. The monoisotopic (exact) mass is 911 g/mol. The van der Waals surface area contributed by atoms with Crippen molar-refractivity contribution in [3.05, 3.63) is 48.6 Å². The molecule has 0 aromatic rings. The van der Waals surface area contributed by atoms with Crippen molar-refractivity contribution in [2.45, 2.75) is 244 Å². The zero-order chi connectivity index (χ0) is 46.2. The first kappa shape index (κ1) is 60.9. The van der Waals surface area contributed by atoms with E-state index in [2.05, 4.69) is 62.5 Å². The summed E-state index contributed by atoms with van der Waals surface area (Å²) in [6, 6.07) is 0. The van der Waals surface area contributed by atoms with Crippen LogP contribution in [0.1, 0.15) is 232 Å². The van der Waals surface area contributed by atoms with Gasteiger partial charge in [-0.3, -0.25) is 18.6 Å². The molecule has 0 aliphatic rings. The molecule has 0 spiro atoms. The summed E-state index contributed by atoms with van der Waals surface area (Å²) in [5, 5.41) is 18.4. The molecule has 10 nitrogen and oxygen atoms in total. The molecule has 0 aromatic heterocycles. The average Bonchev–Trinajstić information content (AvgIpc) is 3.27. The molecule has 0 aliphatic carbocycles. The maximum atomic E-state index is 12.7. The highest BCUT2D eigenvalue weighted by molar-refractivity contribution is 7.47. The van der Waals surface area contributed by atoms with Gasteiger partial charge in [0.2, 0.25) is 0 Å². The standard InChI is InChI=1S/C52H95O10P/c1-3-5-7-9-11-13-15-17-19-21-22-23-24-25-26-28-30-32-34-36-38-40-42-44-52(56)62-50(48-61-63(57,58)60-46-49(54)45-53)47-59-51(55)43-41-39-37-35-33-31-29-27-20-18-16-14-12-10-8-6-4-2/h12,14-15,17-18,20-22,49-50,53-54H,3-11,13,16,19,23-48H2,1-2H3,(H,57,58)/b14-12-,17-15-,20-18-,22-21-. The van der Waals surface area contributed by atoms with E-state index < -0.39 is 51.8 Å². The van der Waals surface area contributed by atoms with Crippen molar-refractivity contribution < 1.29 is 47.8 Å². The van der Waals surface area contributed by atoms with Crippen molar-refractivity contribution >= 4 is 19.8 Å². The van der Waals surface area contributed by atoms with E-state index in [9.17, 15) is 24.2 Å². The fourth-order valence-electron chi connectivity index (χ4n) is 7.00. The van der Waals surface area contributed by atoms with Gasteiger partial charge in [0, 0.05) is 12.8 Å². The van der Waals surface area contributed by atoms with E-state index in [4.69, 9.17) is 23.6 Å². The van der Waals surface area contributed by atoms with Crippen LogP contribution in [0.5, 0.6) is 0 Å². The normalized spacial score (nSPS) is 14.0. The number of aliphatic hydroxyl groups excluding tert-OH is 2. The Balaban J connectivity index is 4.18. The number of aliphatic hydroxyl groups is 2. The number of unbranched alkanes of at least 4 members (excludes halogenated alkanes) is 26. The van der Waals surface area contributed by atoms with E-state index in [0.29, 0.717) is 12.8 Å². The fourth-order valence-corrected chi connectivity index (χ4v) is 7.79. The van der Waals surface area contributed by atoms with Crippen LogP contribution in [0.15, 0.2) is 48.6 Å². The lowest BCUT2D eigenvalue weighted by molar-refractivity contribution is -0.161. The smallest absolute Gasteiger partial charge is 0.462 e. The second-order valence-corrected chi connectivity index (χ2v) is 18.6. The first-order chi connectivity index (χ1) is 30.7. The molecular formula is C52H95O10P. The Bertz CT molecular complexity index is 1190. The number of hydrogen-bond acceptors (Lipinski definition) is 9. The second kappa shape index (κ2) is 47.9. The summed E-state index contributed by atoms with van der Waals surface area (Å²) in [6.45, 7) is 2.36. The predicted molar refractivity (Wildman–Crippen MR) is 261 cm³/mol. The molecule has 3 unspecified atom stereocenters. The maximum absolute atomic E-state index is 12.7. The molecule has 0 aliphatic heterocycles. The van der Waals surface area contributed by atoms with Crippen molar-refractivity contribution in [3.8, 4) is 0 Å². The fraction of sp³-hybridized carbons (Fsp3) is 0.808. The van der Waals surface area contributed by atoms with E-state index in [1.54, 1.807) is 0 Å². The van der Waals surface area contributed by atoms with E-state index >= 15 is 0 Å². The number of esters is 2. The number of allylic oxidation sites excluding steroid dienone is 8. The summed E-state index contributed by atoms with van der Waals surface area (Å²) in [6.07, 6.45) is 53.6. The van der Waals surface area contributed by atoms with Crippen molar-refractivity contribution in [3.63, 3.8) is 0 Å². The summed E-state index contributed by atoms with van der Waals surface area (Å²) in [4.78, 5) is 35.2. The van der Waals surface area contributed by atoms with E-state index in [0.717, 1.165) is 57.8 Å². The van der Waals surface area contributed by atoms with Crippen LogP contribution < -0.4 is 0 Å². The first-order valence-corrected chi connectivity index (χ1v) is 27.1. The van der Waals surface area contributed by atoms with Crippen LogP contribution >= 0.6 is 7.82 Å². The molecule has 0 saturated heterocycles. The molecule has 3 atom stereocenters. The van der Waals surface area contributed by atoms with Crippen LogP contribution in [-0.2, 0) is 32.7 Å². The van der Waals surface area contributed by atoms with Crippen molar-refractivity contribution in [2.24, 2.45) is 0 Å². The number of hydrogen-bond donors (Lipinski definition) is 3. The summed E-state index contributed by atoms with van der Waals surface area (Å²) >= 11 is 0. The van der Waals surface area contributed by atoms with Gasteiger partial charge in [-0.1, -0.05) is 191 Å². The summed E-state index contributed by atoms with van der Waals surface area (Å²) in [5.74, 6) is -0.931. The number of phosphoric ester groups is 1. The Hall–Kier alpha value is -2.07. The molecule has 0 aromatic carbocycles. The largest absolute Gasteiger partial charge is 0.472 e. The molecule has 0 rings (SSSR count). The molecule has 0 radical (unpaired) electrons. The lowest BCUT2D eigenvalue weighted by atomic mass is 10.0. The molecule has 0 saturated carbocycles. The zero-order valence-electron chi connectivity index (χ0n) is 40.3. The topological polar surface area (TPSA) is 149 Å². The Morgan fingerprint density at radius 3 is 1.25 bits per heavy atom. The SMILES string of the molecule is CCCCC/C=C\C/C=C\CCCCCCCCCC(=O)OCC(COP(=O)(O)OCC(O)CO)OC(=O)CCCCCCCCCCCCC/C=C\C/C=C\CCCCCCC. The molecule has 0 heterocycles. The van der Waals surface area contributed by atoms with Crippen molar-refractivity contribution in [2.75, 3.05) is 26.4 Å². The number of carbonyl (C=O) groups excluding carboxylic acids is 2. The number of rotatable bonds is 48. The quantitative estimate of drug-likeness (QED) is 0.0233. The van der Waals surface area contributed by atoms with Gasteiger partial charge in [0.25, 0.3) is 0 Å². The molecule has 11 heteroatoms. The van der Waals surface area contributed by atoms with Gasteiger partial charge in [-0.25, -0.2) is 4.57 Å². The van der Waals surface area contributed by atoms with Crippen LogP contribution in [0, 0.1) is 0 Å². The summed E-state index contributed by atoms with van der Waals surface area (Å²) < 4.78 is 32.9. The zero-order valence-corrected chi connectivity index (χ0v) is 41.2. The lowest BCUT2D eigenvalue weighted by Gasteiger charge is -2.20. The first-order valence-electron chi connectivity index (χ1n) is 25.6. The molecule has 63 heavy (non-hydrogen) atoms. The molecule has 0 bridgehead atoms. The minimum Gasteiger partial charge on any atom is -0.462 e. The molecular weight excluding hydrogens is 816 g/mol. The van der Waals surface area contributed by atoms with Crippen LogP contribution in [0.4, 0.5) is 0 Å². The molecule has 3 N–H and O–H groups in total. The Labute approximate surface area is 385 Å². The van der Waals surface area contributed by atoms with Gasteiger partial charge in [-0.2, -0.15) is 0 Å². The van der Waals surface area contributed by atoms with Crippen LogP contribution in [0.2, 0.25) is 0 Å². The highest BCUT2D eigenvalue weighted by Gasteiger charge is 2.27. The maximum Gasteiger partial charge on any atom is 0.472 e. The predicted octanol–water partition coefficient (Wildman–Crippen LogP) is 14.5. The lowest BCUT2D eigenvalue weighted by Crippen LogP contribution is -2.29. The van der Waals surface area contributed by atoms with Crippen molar-refractivity contribution in [1.29, 1.82) is 0 Å². The van der Waals surface area contributed by atoms with E-state index in [1.807, 2.05) is 0 Å². The highest BCUT2D eigenvalue weighted by atomic mass is 31.2. The van der Waals surface area contributed by atoms with E-state index in [1.165, 1.54) is 135 Å². The minimum absolute atomic E-state index is 0.180. The van der Waals surface area contributed by atoms with Gasteiger partial charge in [-0.05, 0) is 77.0 Å². The Morgan fingerprint density at radius 2 is 0.825 bits per heavy atom. The van der Waals surface area contributed by atoms with Gasteiger partial charge in [0.05, 0.1) is 19.8 Å². The Kier molecular flexibility index (Phi) is 46.3. The number of carbonyl (C=O) groups is 2. The third-order valence-electron chi connectivity index (χ3n) is 11.0. The van der Waals surface area contributed by atoms with E-state index in [-0.39, 0.29) is 19.4 Å². The number of phosphoric acid groups is 1. The number of ether oxygens (including phenoxy) is 2. The molecule has 0 fully saturated rings. The molecule has 368 valence electrons. The third-order valence-corrected chi connectivity index (χ3v) is 11.9. The Morgan fingerprint density at radius 1 is 0.476 bits per heavy atom. The van der Waals surface area contributed by atoms with Crippen molar-refractivity contribution in [1.82, 2.24) is 0 Å². The van der Waals surface area contributed by atoms with Gasteiger partial charge >= 0.3 is 19.8 Å². The van der Waals surface area contributed by atoms with Crippen LogP contribution in [-0.4, -0.2) is 65.7 Å². The molecule has 0 amide bonds.